The lowest BCUT2D eigenvalue weighted by molar-refractivity contribution is -0.00113. The topological polar surface area (TPSA) is 47.7 Å². The van der Waals surface area contributed by atoms with Crippen molar-refractivity contribution in [3.63, 3.8) is 0 Å². The van der Waals surface area contributed by atoms with Gasteiger partial charge in [0, 0.05) is 20.2 Å². The number of hydrogen-bond donors (Lipinski definition) is 1. The first kappa shape index (κ1) is 11.8. The summed E-state index contributed by atoms with van der Waals surface area (Å²) < 4.78 is 10.4. The monoisotopic (exact) mass is 176 g/mol. The van der Waals surface area contributed by atoms with Crippen molar-refractivity contribution < 1.29 is 9.47 Å². The Kier molecular flexibility index (Phi) is 7.39. The van der Waals surface area contributed by atoms with Crippen molar-refractivity contribution >= 4 is 0 Å². The van der Waals surface area contributed by atoms with E-state index in [9.17, 15) is 0 Å². The standard InChI is InChI=1S/C8H20N2O2/c1-10(2)4-5-12-8(6-9)7-11-3/h8H,4-7,9H2,1-3H3. The summed E-state index contributed by atoms with van der Waals surface area (Å²) in [6, 6.07) is 0. The molecule has 0 bridgehead atoms. The third-order valence-electron chi connectivity index (χ3n) is 1.51. The van der Waals surface area contributed by atoms with Gasteiger partial charge < -0.3 is 20.1 Å². The van der Waals surface area contributed by atoms with Crippen LogP contribution in [0, 0.1) is 0 Å². The van der Waals surface area contributed by atoms with Crippen molar-refractivity contribution in [3.8, 4) is 0 Å². The number of rotatable bonds is 7. The molecular weight excluding hydrogens is 156 g/mol. The summed E-state index contributed by atoms with van der Waals surface area (Å²) in [6.45, 7) is 2.71. The summed E-state index contributed by atoms with van der Waals surface area (Å²) in [5, 5.41) is 0. The summed E-state index contributed by atoms with van der Waals surface area (Å²) in [4.78, 5) is 2.07. The molecule has 0 aliphatic heterocycles. The summed E-state index contributed by atoms with van der Waals surface area (Å²) in [5.41, 5.74) is 5.46. The number of nitrogens with zero attached hydrogens (tertiary/aromatic N) is 1. The third-order valence-corrected chi connectivity index (χ3v) is 1.51. The van der Waals surface area contributed by atoms with Crippen molar-refractivity contribution in [1.29, 1.82) is 0 Å². The van der Waals surface area contributed by atoms with Gasteiger partial charge in [0.25, 0.3) is 0 Å². The molecule has 0 fully saturated rings. The Morgan fingerprint density at radius 2 is 2.08 bits per heavy atom. The maximum absolute atomic E-state index is 5.46. The van der Waals surface area contributed by atoms with Crippen LogP contribution in [0.15, 0.2) is 0 Å². The van der Waals surface area contributed by atoms with Gasteiger partial charge in [0.1, 0.15) is 0 Å². The van der Waals surface area contributed by atoms with Crippen molar-refractivity contribution in [1.82, 2.24) is 4.90 Å². The molecule has 4 nitrogen and oxygen atoms in total. The molecule has 1 unspecified atom stereocenters. The van der Waals surface area contributed by atoms with E-state index in [0.29, 0.717) is 19.8 Å². The molecule has 74 valence electrons. The molecule has 0 aliphatic rings. The van der Waals surface area contributed by atoms with Crippen molar-refractivity contribution in [2.45, 2.75) is 6.10 Å². The average Bonchev–Trinajstić information content (AvgIpc) is 2.02. The lowest BCUT2D eigenvalue weighted by atomic mass is 10.4. The van der Waals surface area contributed by atoms with E-state index in [1.807, 2.05) is 14.1 Å². The second-order valence-corrected chi connectivity index (χ2v) is 2.99. The highest BCUT2D eigenvalue weighted by atomic mass is 16.5. The number of ether oxygens (including phenoxy) is 2. The maximum atomic E-state index is 5.46. The lowest BCUT2D eigenvalue weighted by Crippen LogP contribution is -2.31. The smallest absolute Gasteiger partial charge is 0.0930 e. The van der Waals surface area contributed by atoms with Crippen LogP contribution < -0.4 is 5.73 Å². The van der Waals surface area contributed by atoms with Gasteiger partial charge in [-0.1, -0.05) is 0 Å². The minimum atomic E-state index is 0.0370. The maximum Gasteiger partial charge on any atom is 0.0930 e. The molecule has 0 rings (SSSR count). The molecule has 0 spiro atoms. The van der Waals surface area contributed by atoms with Crippen LogP contribution in [0.2, 0.25) is 0 Å². The van der Waals surface area contributed by atoms with E-state index in [0.717, 1.165) is 6.54 Å². The number of nitrogens with two attached hydrogens (primary N) is 1. The van der Waals surface area contributed by atoms with E-state index in [1.165, 1.54) is 0 Å². The lowest BCUT2D eigenvalue weighted by Gasteiger charge is -2.16. The van der Waals surface area contributed by atoms with Crippen molar-refractivity contribution in [2.24, 2.45) is 5.73 Å². The van der Waals surface area contributed by atoms with Gasteiger partial charge in [0.2, 0.25) is 0 Å². The van der Waals surface area contributed by atoms with E-state index in [2.05, 4.69) is 4.90 Å². The van der Waals surface area contributed by atoms with Gasteiger partial charge in [-0.15, -0.1) is 0 Å². The van der Waals surface area contributed by atoms with Gasteiger partial charge in [0.15, 0.2) is 0 Å². The Balaban J connectivity index is 3.31. The van der Waals surface area contributed by atoms with Crippen LogP contribution >= 0.6 is 0 Å². The van der Waals surface area contributed by atoms with Gasteiger partial charge in [-0.05, 0) is 14.1 Å². The van der Waals surface area contributed by atoms with Crippen molar-refractivity contribution in [2.75, 3.05) is 47.5 Å². The highest BCUT2D eigenvalue weighted by molar-refractivity contribution is 4.56. The summed E-state index contributed by atoms with van der Waals surface area (Å²) in [7, 11) is 5.67. The fourth-order valence-electron chi connectivity index (χ4n) is 0.772. The molecule has 0 aliphatic carbocycles. The first-order valence-electron chi connectivity index (χ1n) is 4.16. The molecule has 0 saturated heterocycles. The van der Waals surface area contributed by atoms with Crippen LogP contribution in [-0.4, -0.2) is 58.5 Å². The molecule has 0 saturated carbocycles. The number of methoxy groups -OCH3 is 1. The zero-order valence-corrected chi connectivity index (χ0v) is 8.25. The molecule has 1 atom stereocenters. The van der Waals surface area contributed by atoms with Crippen LogP contribution in [0.3, 0.4) is 0 Å². The van der Waals surface area contributed by atoms with Gasteiger partial charge >= 0.3 is 0 Å². The molecule has 0 heterocycles. The van der Waals surface area contributed by atoms with E-state index in [1.54, 1.807) is 7.11 Å². The Morgan fingerprint density at radius 1 is 1.42 bits per heavy atom. The van der Waals surface area contributed by atoms with Crippen LogP contribution in [0.5, 0.6) is 0 Å². The van der Waals surface area contributed by atoms with Gasteiger partial charge in [-0.25, -0.2) is 0 Å². The summed E-state index contributed by atoms with van der Waals surface area (Å²) in [6.07, 6.45) is 0.0370. The van der Waals surface area contributed by atoms with Crippen LogP contribution in [0.4, 0.5) is 0 Å². The molecule has 0 radical (unpaired) electrons. The minimum Gasteiger partial charge on any atom is -0.382 e. The average molecular weight is 176 g/mol. The molecule has 0 amide bonds. The third kappa shape index (κ3) is 6.54. The van der Waals surface area contributed by atoms with Crippen LogP contribution in [0.1, 0.15) is 0 Å². The van der Waals surface area contributed by atoms with Crippen LogP contribution in [0.25, 0.3) is 0 Å². The Morgan fingerprint density at radius 3 is 2.50 bits per heavy atom. The normalized spacial score (nSPS) is 13.8. The van der Waals surface area contributed by atoms with E-state index in [4.69, 9.17) is 15.2 Å². The second-order valence-electron chi connectivity index (χ2n) is 2.99. The zero-order chi connectivity index (χ0) is 9.40. The molecule has 0 aromatic heterocycles. The van der Waals surface area contributed by atoms with E-state index >= 15 is 0 Å². The minimum absolute atomic E-state index is 0.0370. The van der Waals surface area contributed by atoms with Gasteiger partial charge in [0.05, 0.1) is 19.3 Å². The molecular formula is C8H20N2O2. The second kappa shape index (κ2) is 7.49. The van der Waals surface area contributed by atoms with E-state index in [-0.39, 0.29) is 6.10 Å². The van der Waals surface area contributed by atoms with Crippen molar-refractivity contribution in [3.05, 3.63) is 0 Å². The quantitative estimate of drug-likeness (QED) is 0.570. The van der Waals surface area contributed by atoms with Gasteiger partial charge in [-0.2, -0.15) is 0 Å². The fourth-order valence-corrected chi connectivity index (χ4v) is 0.772. The summed E-state index contributed by atoms with van der Waals surface area (Å²) in [5.74, 6) is 0. The Hall–Kier alpha value is -0.160. The Bertz CT molecular complexity index is 99.1. The summed E-state index contributed by atoms with van der Waals surface area (Å²) >= 11 is 0. The fraction of sp³-hybridized carbons (Fsp3) is 1.00. The van der Waals surface area contributed by atoms with E-state index < -0.39 is 0 Å². The first-order valence-corrected chi connectivity index (χ1v) is 4.16. The number of likely N-dealkylation sites (N-methyl/N-ethyl adjacent to an activating group) is 1. The predicted octanol–water partition coefficient (Wildman–Crippen LogP) is -0.462. The highest BCUT2D eigenvalue weighted by Crippen LogP contribution is 1.90. The zero-order valence-electron chi connectivity index (χ0n) is 8.25. The molecule has 0 aromatic rings. The van der Waals surface area contributed by atoms with Crippen LogP contribution in [-0.2, 0) is 9.47 Å². The predicted molar refractivity (Wildman–Crippen MR) is 49.2 cm³/mol. The molecule has 0 aromatic carbocycles. The number of hydrogen-bond acceptors (Lipinski definition) is 4. The molecule has 4 heteroatoms. The SMILES string of the molecule is COCC(CN)OCCN(C)C. The molecule has 2 N–H and O–H groups in total. The molecule has 12 heavy (non-hydrogen) atoms. The largest absolute Gasteiger partial charge is 0.382 e. The highest BCUT2D eigenvalue weighted by Gasteiger charge is 2.05. The van der Waals surface area contributed by atoms with Gasteiger partial charge in [-0.3, -0.25) is 0 Å². The first-order chi connectivity index (χ1) is 5.70. The Labute approximate surface area is 74.6 Å².